The topological polar surface area (TPSA) is 109 Å². The molecule has 0 amide bonds. The molecule has 0 fully saturated rings. The van der Waals surface area contributed by atoms with Crippen molar-refractivity contribution in [3.63, 3.8) is 0 Å². The smallest absolute Gasteiger partial charge is 0.338 e. The first-order chi connectivity index (χ1) is 9.52. The average molecular weight is 314 g/mol. The second kappa shape index (κ2) is 6.02. The van der Waals surface area contributed by atoms with E-state index in [0.29, 0.717) is 26.3 Å². The summed E-state index contributed by atoms with van der Waals surface area (Å²) in [6.07, 6.45) is 1.36. The first-order valence-corrected chi connectivity index (χ1v) is 6.81. The highest BCUT2D eigenvalue weighted by atomic mass is 35.5. The molecule has 9 heteroatoms. The first-order valence-electron chi connectivity index (χ1n) is 5.62. The predicted octanol–water partition coefficient (Wildman–Crippen LogP) is 1.56. The lowest BCUT2D eigenvalue weighted by Gasteiger charge is -2.09. The number of nitrogen functional groups attached to an aromatic ring is 2. The monoisotopic (exact) mass is 313 g/mol. The number of hydrogen-bond donors (Lipinski definition) is 2. The van der Waals surface area contributed by atoms with E-state index >= 15 is 0 Å². The molecule has 1 heterocycles. The van der Waals surface area contributed by atoms with E-state index in [0.717, 1.165) is 11.8 Å². The highest BCUT2D eigenvalue weighted by Crippen LogP contribution is 2.37. The number of halogens is 1. The van der Waals surface area contributed by atoms with E-state index in [2.05, 4.69) is 10.2 Å². The van der Waals surface area contributed by atoms with Gasteiger partial charge in [0.25, 0.3) is 0 Å². The summed E-state index contributed by atoms with van der Waals surface area (Å²) in [6, 6.07) is 3.00. The summed E-state index contributed by atoms with van der Waals surface area (Å²) in [6.45, 7) is 2.00. The van der Waals surface area contributed by atoms with Gasteiger partial charge >= 0.3 is 5.97 Å². The lowest BCUT2D eigenvalue weighted by atomic mass is 10.2. The molecule has 0 unspecified atom stereocenters. The third-order valence-corrected chi connectivity index (χ3v) is 3.86. The summed E-state index contributed by atoms with van der Waals surface area (Å²) >= 11 is 7.30. The Kier molecular flexibility index (Phi) is 4.35. The third-order valence-electron chi connectivity index (χ3n) is 2.32. The van der Waals surface area contributed by atoms with E-state index in [1.807, 2.05) is 0 Å². The van der Waals surface area contributed by atoms with Crippen LogP contribution in [0.4, 0.5) is 5.69 Å². The minimum Gasteiger partial charge on any atom is -0.462 e. The van der Waals surface area contributed by atoms with Crippen LogP contribution in [-0.2, 0) is 4.74 Å². The quantitative estimate of drug-likeness (QED) is 0.500. The van der Waals surface area contributed by atoms with Crippen molar-refractivity contribution in [1.82, 2.24) is 14.9 Å². The number of benzene rings is 1. The van der Waals surface area contributed by atoms with E-state index in [9.17, 15) is 4.79 Å². The maximum atomic E-state index is 11.6. The van der Waals surface area contributed by atoms with Crippen LogP contribution < -0.4 is 11.6 Å². The van der Waals surface area contributed by atoms with Gasteiger partial charge in [0.1, 0.15) is 6.33 Å². The molecule has 2 aromatic rings. The van der Waals surface area contributed by atoms with Gasteiger partial charge in [0.05, 0.1) is 22.1 Å². The van der Waals surface area contributed by atoms with Crippen molar-refractivity contribution in [2.45, 2.75) is 17.0 Å². The van der Waals surface area contributed by atoms with Crippen molar-refractivity contribution in [2.24, 2.45) is 0 Å². The Labute approximate surface area is 124 Å². The van der Waals surface area contributed by atoms with Crippen LogP contribution in [0.1, 0.15) is 17.3 Å². The van der Waals surface area contributed by atoms with Gasteiger partial charge in [-0.1, -0.05) is 11.6 Å². The second-order valence-corrected chi connectivity index (χ2v) is 5.10. The van der Waals surface area contributed by atoms with Crippen molar-refractivity contribution in [2.75, 3.05) is 18.2 Å². The second-order valence-electron chi connectivity index (χ2n) is 3.72. The summed E-state index contributed by atoms with van der Waals surface area (Å²) in [5, 5.41) is 8.24. The van der Waals surface area contributed by atoms with Gasteiger partial charge in [-0.15, -0.1) is 10.2 Å². The van der Waals surface area contributed by atoms with Gasteiger partial charge in [-0.3, -0.25) is 0 Å². The fourth-order valence-corrected chi connectivity index (χ4v) is 2.55. The number of anilines is 1. The van der Waals surface area contributed by atoms with Gasteiger partial charge in [-0.25, -0.2) is 9.47 Å². The van der Waals surface area contributed by atoms with Crippen LogP contribution in [0.25, 0.3) is 0 Å². The molecule has 0 bridgehead atoms. The van der Waals surface area contributed by atoms with Crippen LogP contribution in [0, 0.1) is 0 Å². The number of carbonyl (C=O) groups excluding carboxylic acids is 1. The molecule has 0 aliphatic carbocycles. The molecule has 20 heavy (non-hydrogen) atoms. The van der Waals surface area contributed by atoms with Crippen LogP contribution in [-0.4, -0.2) is 27.4 Å². The van der Waals surface area contributed by atoms with E-state index in [-0.39, 0.29) is 6.61 Å². The van der Waals surface area contributed by atoms with Gasteiger partial charge in [0.2, 0.25) is 5.16 Å². The molecule has 106 valence electrons. The number of carbonyl (C=O) groups is 1. The Morgan fingerprint density at radius 1 is 1.55 bits per heavy atom. The molecule has 0 atom stereocenters. The number of rotatable bonds is 4. The Morgan fingerprint density at radius 3 is 2.85 bits per heavy atom. The first kappa shape index (κ1) is 14.5. The summed E-state index contributed by atoms with van der Waals surface area (Å²) in [5.74, 6) is 5.15. The number of nitrogens with zero attached hydrogens (tertiary/aromatic N) is 3. The standard InChI is InChI=1S/C11H12ClN5O2S/c1-2-19-10(18)6-3-7(12)9(8(13)4-6)20-11-16-15-5-17(11)14/h3-5H,2,13-14H2,1H3. The zero-order valence-corrected chi connectivity index (χ0v) is 12.1. The Morgan fingerprint density at radius 2 is 2.30 bits per heavy atom. The molecule has 1 aromatic heterocycles. The summed E-state index contributed by atoms with van der Waals surface area (Å²) in [4.78, 5) is 12.2. The average Bonchev–Trinajstić information content (AvgIpc) is 2.79. The lowest BCUT2D eigenvalue weighted by Crippen LogP contribution is -2.08. The van der Waals surface area contributed by atoms with Crippen LogP contribution in [0.15, 0.2) is 28.5 Å². The molecule has 0 radical (unpaired) electrons. The van der Waals surface area contributed by atoms with Gasteiger partial charge < -0.3 is 16.3 Å². The molecule has 0 aliphatic heterocycles. The van der Waals surface area contributed by atoms with Crippen molar-refractivity contribution < 1.29 is 9.53 Å². The Balaban J connectivity index is 2.32. The van der Waals surface area contributed by atoms with Crippen LogP contribution in [0.3, 0.4) is 0 Å². The normalized spacial score (nSPS) is 10.5. The highest BCUT2D eigenvalue weighted by Gasteiger charge is 2.16. The Bertz CT molecular complexity index is 622. The van der Waals surface area contributed by atoms with E-state index < -0.39 is 5.97 Å². The molecule has 0 saturated carbocycles. The molecule has 0 spiro atoms. The number of esters is 1. The minimum absolute atomic E-state index is 0.281. The van der Waals surface area contributed by atoms with Crippen molar-refractivity contribution in [3.05, 3.63) is 29.0 Å². The maximum absolute atomic E-state index is 11.6. The lowest BCUT2D eigenvalue weighted by molar-refractivity contribution is 0.0526. The van der Waals surface area contributed by atoms with E-state index in [1.54, 1.807) is 6.92 Å². The van der Waals surface area contributed by atoms with Crippen molar-refractivity contribution in [3.8, 4) is 0 Å². The Hall–Kier alpha value is -1.93. The fraction of sp³-hybridized carbons (Fsp3) is 0.182. The van der Waals surface area contributed by atoms with Crippen molar-refractivity contribution >= 4 is 35.0 Å². The number of ether oxygens (including phenoxy) is 1. The zero-order chi connectivity index (χ0) is 14.7. The van der Waals surface area contributed by atoms with E-state index in [4.69, 9.17) is 27.9 Å². The molecular formula is C11H12ClN5O2S. The van der Waals surface area contributed by atoms with Gasteiger partial charge in [0.15, 0.2) is 0 Å². The zero-order valence-electron chi connectivity index (χ0n) is 10.5. The summed E-state index contributed by atoms with van der Waals surface area (Å²) in [5.41, 5.74) is 6.55. The summed E-state index contributed by atoms with van der Waals surface area (Å²) < 4.78 is 6.15. The van der Waals surface area contributed by atoms with Crippen molar-refractivity contribution in [1.29, 1.82) is 0 Å². The van der Waals surface area contributed by atoms with Gasteiger partial charge in [0, 0.05) is 5.69 Å². The molecular weight excluding hydrogens is 302 g/mol. The largest absolute Gasteiger partial charge is 0.462 e. The molecule has 1 aromatic carbocycles. The molecule has 0 aliphatic rings. The number of nitrogens with two attached hydrogens (primary N) is 2. The predicted molar refractivity (Wildman–Crippen MR) is 76.1 cm³/mol. The van der Waals surface area contributed by atoms with Crippen LogP contribution in [0.2, 0.25) is 5.02 Å². The summed E-state index contributed by atoms with van der Waals surface area (Å²) in [7, 11) is 0. The molecule has 0 saturated heterocycles. The SMILES string of the molecule is CCOC(=O)c1cc(N)c(Sc2nncn2N)c(Cl)c1. The van der Waals surface area contributed by atoms with Gasteiger partial charge in [-0.05, 0) is 30.8 Å². The minimum atomic E-state index is -0.473. The highest BCUT2D eigenvalue weighted by molar-refractivity contribution is 7.99. The van der Waals surface area contributed by atoms with E-state index in [1.165, 1.54) is 23.1 Å². The van der Waals surface area contributed by atoms with Crippen LogP contribution in [0.5, 0.6) is 0 Å². The fourth-order valence-electron chi connectivity index (χ4n) is 1.45. The molecule has 7 nitrogen and oxygen atoms in total. The molecule has 4 N–H and O–H groups in total. The van der Waals surface area contributed by atoms with Gasteiger partial charge in [-0.2, -0.15) is 0 Å². The number of aromatic nitrogens is 3. The van der Waals surface area contributed by atoms with Crippen LogP contribution >= 0.6 is 23.4 Å². The third kappa shape index (κ3) is 2.97. The molecule has 2 rings (SSSR count). The maximum Gasteiger partial charge on any atom is 0.338 e. The number of hydrogen-bond acceptors (Lipinski definition) is 7.